The molecule has 1 aromatic rings. The third kappa shape index (κ3) is 4.59. The highest BCUT2D eigenvalue weighted by molar-refractivity contribution is 6.31. The highest BCUT2D eigenvalue weighted by Crippen LogP contribution is 2.19. The molecule has 0 atom stereocenters. The number of hydrogen-bond acceptors (Lipinski definition) is 2. The summed E-state index contributed by atoms with van der Waals surface area (Å²) in [5.74, 6) is -1.75. The van der Waals surface area contributed by atoms with Gasteiger partial charge in [0.15, 0.2) is 0 Å². The molecule has 0 saturated heterocycles. The maximum absolute atomic E-state index is 12.9. The molecule has 1 rings (SSSR count). The highest BCUT2D eigenvalue weighted by atomic mass is 35.5. The van der Waals surface area contributed by atoms with Crippen molar-refractivity contribution in [1.29, 1.82) is 0 Å². The molecule has 0 aliphatic carbocycles. The van der Waals surface area contributed by atoms with E-state index in [9.17, 15) is 14.0 Å². The summed E-state index contributed by atoms with van der Waals surface area (Å²) in [6.45, 7) is 3.05. The van der Waals surface area contributed by atoms with Crippen molar-refractivity contribution in [1.82, 2.24) is 4.90 Å². The Bertz CT molecular complexity index is 508. The van der Waals surface area contributed by atoms with Crippen LogP contribution in [0.1, 0.15) is 0 Å². The summed E-state index contributed by atoms with van der Waals surface area (Å²) in [5.41, 5.74) is 0.274. The molecule has 0 bridgehead atoms. The Balaban J connectivity index is 2.77. The van der Waals surface area contributed by atoms with Crippen LogP contribution in [0.25, 0.3) is 0 Å². The van der Waals surface area contributed by atoms with Crippen LogP contribution >= 0.6 is 11.6 Å². The van der Waals surface area contributed by atoms with Crippen LogP contribution in [-0.4, -0.2) is 35.1 Å². The lowest BCUT2D eigenvalue weighted by atomic mass is 10.3. The maximum Gasteiger partial charge on any atom is 0.323 e. The second kappa shape index (κ2) is 6.75. The fraction of sp³-hybridized carbons (Fsp3) is 0.167. The third-order valence-corrected chi connectivity index (χ3v) is 2.42. The Morgan fingerprint density at radius 2 is 2.21 bits per heavy atom. The number of amides is 2. The van der Waals surface area contributed by atoms with E-state index in [1.807, 2.05) is 0 Å². The first-order valence-electron chi connectivity index (χ1n) is 5.27. The molecular formula is C12H12ClFN2O3. The number of urea groups is 1. The van der Waals surface area contributed by atoms with Crippen LogP contribution in [0.3, 0.4) is 0 Å². The van der Waals surface area contributed by atoms with Gasteiger partial charge in [0.1, 0.15) is 12.4 Å². The monoisotopic (exact) mass is 286 g/mol. The molecule has 0 heterocycles. The van der Waals surface area contributed by atoms with Crippen LogP contribution in [0.4, 0.5) is 14.9 Å². The minimum absolute atomic E-state index is 0.0764. The summed E-state index contributed by atoms with van der Waals surface area (Å²) in [4.78, 5) is 23.4. The van der Waals surface area contributed by atoms with Gasteiger partial charge in [-0.15, -0.1) is 6.58 Å². The number of carboxylic acids is 1. The lowest BCUT2D eigenvalue weighted by molar-refractivity contribution is -0.137. The average Bonchev–Trinajstić information content (AvgIpc) is 2.33. The SMILES string of the molecule is C=CCN(CC(=O)O)C(=O)Nc1ccc(F)c(Cl)c1. The molecule has 2 amide bonds. The zero-order valence-corrected chi connectivity index (χ0v) is 10.7. The second-order valence-electron chi connectivity index (χ2n) is 3.62. The van der Waals surface area contributed by atoms with Gasteiger partial charge in [-0.05, 0) is 18.2 Å². The molecule has 0 fully saturated rings. The Kier molecular flexibility index (Phi) is 5.32. The van der Waals surface area contributed by atoms with Crippen molar-refractivity contribution >= 4 is 29.3 Å². The van der Waals surface area contributed by atoms with E-state index in [4.69, 9.17) is 16.7 Å². The van der Waals surface area contributed by atoms with Gasteiger partial charge in [0.2, 0.25) is 0 Å². The van der Waals surface area contributed by atoms with Crippen molar-refractivity contribution in [2.24, 2.45) is 0 Å². The van der Waals surface area contributed by atoms with Crippen molar-refractivity contribution in [3.05, 3.63) is 41.7 Å². The predicted octanol–water partition coefficient (Wildman–Crippen LogP) is 2.58. The van der Waals surface area contributed by atoms with Gasteiger partial charge in [-0.25, -0.2) is 9.18 Å². The highest BCUT2D eigenvalue weighted by Gasteiger charge is 2.15. The molecule has 0 aliphatic rings. The second-order valence-corrected chi connectivity index (χ2v) is 4.03. The molecule has 0 aromatic heterocycles. The number of benzene rings is 1. The largest absolute Gasteiger partial charge is 0.480 e. The molecule has 19 heavy (non-hydrogen) atoms. The first kappa shape index (κ1) is 15.0. The van der Waals surface area contributed by atoms with E-state index < -0.39 is 24.4 Å². The van der Waals surface area contributed by atoms with Gasteiger partial charge in [0.25, 0.3) is 0 Å². The summed E-state index contributed by atoms with van der Waals surface area (Å²) in [6.07, 6.45) is 1.40. The van der Waals surface area contributed by atoms with Gasteiger partial charge in [0.05, 0.1) is 5.02 Å². The van der Waals surface area contributed by atoms with Crippen LogP contribution < -0.4 is 5.32 Å². The first-order chi connectivity index (χ1) is 8.93. The van der Waals surface area contributed by atoms with E-state index in [0.717, 1.165) is 11.0 Å². The predicted molar refractivity (Wildman–Crippen MR) is 69.8 cm³/mol. The van der Waals surface area contributed by atoms with Gasteiger partial charge in [-0.3, -0.25) is 4.79 Å². The molecule has 0 unspecified atom stereocenters. The molecule has 0 aliphatic heterocycles. The lowest BCUT2D eigenvalue weighted by Crippen LogP contribution is -2.38. The van der Waals surface area contributed by atoms with Gasteiger partial charge in [-0.2, -0.15) is 0 Å². The van der Waals surface area contributed by atoms with Crippen LogP contribution in [0.5, 0.6) is 0 Å². The zero-order chi connectivity index (χ0) is 14.4. The van der Waals surface area contributed by atoms with Crippen LogP contribution in [-0.2, 0) is 4.79 Å². The molecule has 102 valence electrons. The van der Waals surface area contributed by atoms with Crippen molar-refractivity contribution in [2.75, 3.05) is 18.4 Å². The third-order valence-electron chi connectivity index (χ3n) is 2.13. The van der Waals surface area contributed by atoms with Gasteiger partial charge in [-0.1, -0.05) is 17.7 Å². The van der Waals surface area contributed by atoms with Crippen molar-refractivity contribution < 1.29 is 19.1 Å². The average molecular weight is 287 g/mol. The summed E-state index contributed by atoms with van der Waals surface area (Å²) in [6, 6.07) is 3.03. The van der Waals surface area contributed by atoms with Crippen LogP contribution in [0, 0.1) is 5.82 Å². The van der Waals surface area contributed by atoms with Gasteiger partial charge < -0.3 is 15.3 Å². The number of nitrogens with one attached hydrogen (secondary N) is 1. The number of nitrogens with zero attached hydrogens (tertiary/aromatic N) is 1. The summed E-state index contributed by atoms with van der Waals surface area (Å²) < 4.78 is 12.9. The summed E-state index contributed by atoms with van der Waals surface area (Å²) in [5, 5.41) is 11.0. The van der Waals surface area contributed by atoms with Crippen molar-refractivity contribution in [2.45, 2.75) is 0 Å². The number of carboxylic acid groups (broad SMARTS) is 1. The molecule has 7 heteroatoms. The maximum atomic E-state index is 12.9. The smallest absolute Gasteiger partial charge is 0.323 e. The topological polar surface area (TPSA) is 69.6 Å². The quantitative estimate of drug-likeness (QED) is 0.817. The number of carbonyl (C=O) groups excluding carboxylic acids is 1. The molecule has 2 N–H and O–H groups in total. The zero-order valence-electron chi connectivity index (χ0n) is 9.90. The molecule has 0 radical (unpaired) electrons. The number of hydrogen-bond donors (Lipinski definition) is 2. The Morgan fingerprint density at radius 1 is 1.53 bits per heavy atom. The standard InChI is InChI=1S/C12H12ClFN2O3/c1-2-5-16(7-11(17)18)12(19)15-8-3-4-10(14)9(13)6-8/h2-4,6H,1,5,7H2,(H,15,19)(H,17,18). The van der Waals surface area contributed by atoms with Crippen molar-refractivity contribution in [3.63, 3.8) is 0 Å². The lowest BCUT2D eigenvalue weighted by Gasteiger charge is -2.19. The number of rotatable bonds is 5. The molecule has 1 aromatic carbocycles. The van der Waals surface area contributed by atoms with Crippen LogP contribution in [0.2, 0.25) is 5.02 Å². The number of aliphatic carboxylic acids is 1. The Morgan fingerprint density at radius 3 is 2.74 bits per heavy atom. The minimum Gasteiger partial charge on any atom is -0.480 e. The fourth-order valence-corrected chi connectivity index (χ4v) is 1.50. The number of carbonyl (C=O) groups is 2. The summed E-state index contributed by atoms with van der Waals surface area (Å²) in [7, 11) is 0. The Labute approximate surface area is 114 Å². The van der Waals surface area contributed by atoms with E-state index >= 15 is 0 Å². The number of halogens is 2. The Hall–Kier alpha value is -2.08. The number of anilines is 1. The van der Waals surface area contributed by atoms with Gasteiger partial charge >= 0.3 is 12.0 Å². The summed E-state index contributed by atoms with van der Waals surface area (Å²) >= 11 is 5.57. The molecule has 0 spiro atoms. The molecule has 5 nitrogen and oxygen atoms in total. The van der Waals surface area contributed by atoms with E-state index in [0.29, 0.717) is 0 Å². The van der Waals surface area contributed by atoms with E-state index in [1.54, 1.807) is 0 Å². The molecule has 0 saturated carbocycles. The van der Waals surface area contributed by atoms with Gasteiger partial charge in [0, 0.05) is 12.2 Å². The van der Waals surface area contributed by atoms with Crippen molar-refractivity contribution in [3.8, 4) is 0 Å². The molecular weight excluding hydrogens is 275 g/mol. The first-order valence-corrected chi connectivity index (χ1v) is 5.65. The van der Waals surface area contributed by atoms with E-state index in [-0.39, 0.29) is 17.3 Å². The van der Waals surface area contributed by atoms with E-state index in [2.05, 4.69) is 11.9 Å². The van der Waals surface area contributed by atoms with Crippen LogP contribution in [0.15, 0.2) is 30.9 Å². The van der Waals surface area contributed by atoms with E-state index in [1.165, 1.54) is 18.2 Å². The fourth-order valence-electron chi connectivity index (χ4n) is 1.31. The normalized spacial score (nSPS) is 9.79. The minimum atomic E-state index is -1.14.